The minimum absolute atomic E-state index is 0.344. The normalized spacial score (nSPS) is 11.0. The Morgan fingerprint density at radius 1 is 1.33 bits per heavy atom. The summed E-state index contributed by atoms with van der Waals surface area (Å²) in [6, 6.07) is 2.03. The molecule has 5 heteroatoms. The summed E-state index contributed by atoms with van der Waals surface area (Å²) in [5, 5.41) is 0.913. The lowest BCUT2D eigenvalue weighted by Gasteiger charge is -2.23. The fraction of sp³-hybridized carbons (Fsp3) is 0.692. The van der Waals surface area contributed by atoms with Crippen molar-refractivity contribution in [3.63, 3.8) is 0 Å². The summed E-state index contributed by atoms with van der Waals surface area (Å²) < 4.78 is 5.15. The highest BCUT2D eigenvalue weighted by Gasteiger charge is 2.11. The summed E-state index contributed by atoms with van der Waals surface area (Å²) in [7, 11) is 1.72. The molecular weight excluding hydrogens is 294 g/mol. The second-order valence-electron chi connectivity index (χ2n) is 4.55. The number of rotatable bonds is 7. The van der Waals surface area contributed by atoms with Crippen LogP contribution in [-0.4, -0.2) is 42.1 Å². The Hall–Kier alpha value is -0.680. The minimum Gasteiger partial charge on any atom is -0.383 e. The van der Waals surface area contributed by atoms with Crippen molar-refractivity contribution in [3.05, 3.63) is 17.6 Å². The summed E-state index contributed by atoms with van der Waals surface area (Å²) >= 11 is 3.48. The number of hydrogen-bond donors (Lipinski definition) is 0. The molecule has 1 rings (SSSR count). The smallest absolute Gasteiger partial charge is 0.133 e. The summed E-state index contributed by atoms with van der Waals surface area (Å²) in [6.45, 7) is 8.70. The first kappa shape index (κ1) is 15.4. The Bertz CT molecular complexity index is 371. The predicted octanol–water partition coefficient (Wildman–Crippen LogP) is 2.76. The van der Waals surface area contributed by atoms with Gasteiger partial charge in [-0.3, -0.25) is 0 Å². The molecule has 0 bridgehead atoms. The largest absolute Gasteiger partial charge is 0.383 e. The second kappa shape index (κ2) is 7.69. The molecule has 0 spiro atoms. The van der Waals surface area contributed by atoms with Crippen LogP contribution in [0.1, 0.15) is 31.3 Å². The summed E-state index contributed by atoms with van der Waals surface area (Å²) in [5.74, 6) is 2.24. The molecule has 0 fully saturated rings. The van der Waals surface area contributed by atoms with E-state index < -0.39 is 0 Å². The van der Waals surface area contributed by atoms with Crippen LogP contribution in [0.4, 0.5) is 5.82 Å². The van der Waals surface area contributed by atoms with Crippen LogP contribution in [0.2, 0.25) is 0 Å². The van der Waals surface area contributed by atoms with Crippen LogP contribution in [0.25, 0.3) is 0 Å². The van der Waals surface area contributed by atoms with Gasteiger partial charge in [0, 0.05) is 43.2 Å². The van der Waals surface area contributed by atoms with Crippen LogP contribution in [0.5, 0.6) is 0 Å². The lowest BCUT2D eigenvalue weighted by Crippen LogP contribution is -2.30. The quantitative estimate of drug-likeness (QED) is 0.725. The Morgan fingerprint density at radius 3 is 2.61 bits per heavy atom. The monoisotopic (exact) mass is 315 g/mol. The number of aromatic nitrogens is 2. The van der Waals surface area contributed by atoms with Gasteiger partial charge in [0.15, 0.2) is 0 Å². The van der Waals surface area contributed by atoms with E-state index in [0.29, 0.717) is 12.5 Å². The standard InChI is InChI=1S/C13H22BrN3O/c1-10(2)13-15-11(3)9-12(16-13)17(6-5-14)7-8-18-4/h9-10H,5-8H2,1-4H3. The Labute approximate surface area is 118 Å². The Balaban J connectivity index is 2.95. The van der Waals surface area contributed by atoms with Gasteiger partial charge >= 0.3 is 0 Å². The van der Waals surface area contributed by atoms with Gasteiger partial charge in [0.05, 0.1) is 6.61 Å². The van der Waals surface area contributed by atoms with Crippen LogP contribution < -0.4 is 4.90 Å². The zero-order valence-electron chi connectivity index (χ0n) is 11.6. The van der Waals surface area contributed by atoms with Crippen molar-refractivity contribution in [1.29, 1.82) is 0 Å². The fourth-order valence-corrected chi connectivity index (χ4v) is 2.07. The molecule has 4 nitrogen and oxygen atoms in total. The van der Waals surface area contributed by atoms with Gasteiger partial charge in [-0.05, 0) is 6.92 Å². The van der Waals surface area contributed by atoms with Gasteiger partial charge < -0.3 is 9.64 Å². The molecule has 18 heavy (non-hydrogen) atoms. The molecule has 0 aromatic carbocycles. The lowest BCUT2D eigenvalue weighted by molar-refractivity contribution is 0.205. The Kier molecular flexibility index (Phi) is 6.57. The van der Waals surface area contributed by atoms with Crippen molar-refractivity contribution in [2.24, 2.45) is 0 Å². The van der Waals surface area contributed by atoms with E-state index in [4.69, 9.17) is 4.74 Å². The van der Waals surface area contributed by atoms with Gasteiger partial charge in [0.2, 0.25) is 0 Å². The van der Waals surface area contributed by atoms with Gasteiger partial charge in [-0.1, -0.05) is 29.8 Å². The number of methoxy groups -OCH3 is 1. The molecule has 1 heterocycles. The molecule has 102 valence electrons. The van der Waals surface area contributed by atoms with E-state index in [1.165, 1.54) is 0 Å². The number of ether oxygens (including phenoxy) is 1. The van der Waals surface area contributed by atoms with Crippen LogP contribution >= 0.6 is 15.9 Å². The maximum absolute atomic E-state index is 5.15. The lowest BCUT2D eigenvalue weighted by atomic mass is 10.2. The Morgan fingerprint density at radius 2 is 2.06 bits per heavy atom. The maximum atomic E-state index is 5.15. The number of nitrogens with zero attached hydrogens (tertiary/aromatic N) is 3. The first-order valence-corrected chi connectivity index (χ1v) is 7.36. The highest BCUT2D eigenvalue weighted by atomic mass is 79.9. The molecule has 0 saturated carbocycles. The van der Waals surface area contributed by atoms with E-state index in [9.17, 15) is 0 Å². The average molecular weight is 316 g/mol. The highest BCUT2D eigenvalue weighted by molar-refractivity contribution is 9.09. The fourth-order valence-electron chi connectivity index (χ4n) is 1.64. The predicted molar refractivity (Wildman–Crippen MR) is 78.7 cm³/mol. The van der Waals surface area contributed by atoms with Gasteiger partial charge in [0.25, 0.3) is 0 Å². The topological polar surface area (TPSA) is 38.2 Å². The van der Waals surface area contributed by atoms with Crippen molar-refractivity contribution in [1.82, 2.24) is 9.97 Å². The molecule has 0 saturated heterocycles. The van der Waals surface area contributed by atoms with Gasteiger partial charge in [-0.15, -0.1) is 0 Å². The molecule has 0 atom stereocenters. The molecule has 0 aliphatic heterocycles. The number of anilines is 1. The van der Waals surface area contributed by atoms with Crippen molar-refractivity contribution in [2.75, 3.05) is 37.0 Å². The summed E-state index contributed by atoms with van der Waals surface area (Å²) in [5.41, 5.74) is 1.01. The van der Waals surface area contributed by atoms with E-state index in [-0.39, 0.29) is 0 Å². The van der Waals surface area contributed by atoms with Crippen molar-refractivity contribution >= 4 is 21.7 Å². The maximum Gasteiger partial charge on any atom is 0.133 e. The summed E-state index contributed by atoms with van der Waals surface area (Å²) in [6.07, 6.45) is 0. The third-order valence-corrected chi connectivity index (χ3v) is 2.97. The van der Waals surface area contributed by atoms with Gasteiger partial charge in [-0.25, -0.2) is 9.97 Å². The highest BCUT2D eigenvalue weighted by Crippen LogP contribution is 2.17. The molecule has 0 aliphatic rings. The summed E-state index contributed by atoms with van der Waals surface area (Å²) in [4.78, 5) is 11.3. The molecule has 0 amide bonds. The third-order valence-electron chi connectivity index (χ3n) is 2.62. The minimum atomic E-state index is 0.344. The number of halogens is 1. The molecule has 0 unspecified atom stereocenters. The molecular formula is C13H22BrN3O. The molecule has 0 radical (unpaired) electrons. The number of hydrogen-bond acceptors (Lipinski definition) is 4. The van der Waals surface area contributed by atoms with E-state index in [2.05, 4.69) is 44.6 Å². The van der Waals surface area contributed by atoms with Gasteiger partial charge in [0.1, 0.15) is 11.6 Å². The first-order chi connectivity index (χ1) is 8.58. The van der Waals surface area contributed by atoms with Crippen LogP contribution in [0, 0.1) is 6.92 Å². The first-order valence-electron chi connectivity index (χ1n) is 6.24. The molecule has 0 N–H and O–H groups in total. The average Bonchev–Trinajstić information content (AvgIpc) is 2.33. The molecule has 1 aromatic rings. The van der Waals surface area contributed by atoms with Crippen LogP contribution in [0.15, 0.2) is 6.07 Å². The second-order valence-corrected chi connectivity index (χ2v) is 5.34. The molecule has 1 aromatic heterocycles. The number of aryl methyl sites for hydroxylation is 1. The van der Waals surface area contributed by atoms with E-state index in [0.717, 1.165) is 35.8 Å². The van der Waals surface area contributed by atoms with Crippen LogP contribution in [0.3, 0.4) is 0 Å². The zero-order valence-corrected chi connectivity index (χ0v) is 13.2. The third kappa shape index (κ3) is 4.53. The zero-order chi connectivity index (χ0) is 13.5. The van der Waals surface area contributed by atoms with Crippen molar-refractivity contribution in [2.45, 2.75) is 26.7 Å². The van der Waals surface area contributed by atoms with Crippen molar-refractivity contribution in [3.8, 4) is 0 Å². The van der Waals surface area contributed by atoms with Crippen molar-refractivity contribution < 1.29 is 4.74 Å². The molecule has 0 aliphatic carbocycles. The van der Waals surface area contributed by atoms with Gasteiger partial charge in [-0.2, -0.15) is 0 Å². The van der Waals surface area contributed by atoms with Crippen LogP contribution in [-0.2, 0) is 4.74 Å². The number of alkyl halides is 1. The van der Waals surface area contributed by atoms with E-state index in [1.54, 1.807) is 7.11 Å². The van der Waals surface area contributed by atoms with E-state index >= 15 is 0 Å². The van der Waals surface area contributed by atoms with E-state index in [1.807, 2.05) is 13.0 Å². The SMILES string of the molecule is COCCN(CCBr)c1cc(C)nc(C(C)C)n1.